The lowest BCUT2D eigenvalue weighted by atomic mass is 10.2. The van der Waals surface area contributed by atoms with Gasteiger partial charge in [-0.05, 0) is 32.0 Å². The highest BCUT2D eigenvalue weighted by atomic mass is 79.9. The van der Waals surface area contributed by atoms with Crippen molar-refractivity contribution in [2.75, 3.05) is 19.7 Å². The monoisotopic (exact) mass is 337 g/mol. The maximum absolute atomic E-state index is 11.9. The standard InChI is InChI=1S/C14H16BrN3O2/c1-3-18(4-2)13(19)8-20-14-11-7-10(15)5-6-12(11)16-9-17-14/h5-7,9H,3-4,8H2,1-2H3. The lowest BCUT2D eigenvalue weighted by Crippen LogP contribution is -2.34. The Morgan fingerprint density at radius 2 is 2.05 bits per heavy atom. The van der Waals surface area contributed by atoms with E-state index in [1.54, 1.807) is 4.90 Å². The summed E-state index contributed by atoms with van der Waals surface area (Å²) in [6.07, 6.45) is 1.44. The van der Waals surface area contributed by atoms with Gasteiger partial charge in [0.25, 0.3) is 5.91 Å². The predicted octanol–water partition coefficient (Wildman–Crippen LogP) is 2.64. The molecule has 1 heterocycles. The van der Waals surface area contributed by atoms with Crippen LogP contribution in [-0.4, -0.2) is 40.5 Å². The molecule has 0 bridgehead atoms. The molecule has 106 valence electrons. The number of benzene rings is 1. The van der Waals surface area contributed by atoms with Gasteiger partial charge in [-0.1, -0.05) is 15.9 Å². The zero-order valence-corrected chi connectivity index (χ0v) is 13.1. The van der Waals surface area contributed by atoms with Gasteiger partial charge in [-0.15, -0.1) is 0 Å². The summed E-state index contributed by atoms with van der Waals surface area (Å²) in [5, 5.41) is 0.786. The fourth-order valence-corrected chi connectivity index (χ4v) is 2.28. The minimum absolute atomic E-state index is 0.0136. The normalized spacial score (nSPS) is 10.6. The maximum atomic E-state index is 11.9. The van der Waals surface area contributed by atoms with Crippen LogP contribution < -0.4 is 4.74 Å². The summed E-state index contributed by atoms with van der Waals surface area (Å²) >= 11 is 3.41. The summed E-state index contributed by atoms with van der Waals surface area (Å²) in [5.74, 6) is 0.383. The van der Waals surface area contributed by atoms with Crippen LogP contribution in [-0.2, 0) is 4.79 Å². The molecule has 0 N–H and O–H groups in total. The molecule has 0 unspecified atom stereocenters. The molecule has 0 aliphatic carbocycles. The largest absolute Gasteiger partial charge is 0.467 e. The van der Waals surface area contributed by atoms with Gasteiger partial charge in [0.1, 0.15) is 6.33 Å². The van der Waals surface area contributed by atoms with Crippen LogP contribution >= 0.6 is 15.9 Å². The molecule has 1 amide bonds. The van der Waals surface area contributed by atoms with Gasteiger partial charge in [0.05, 0.1) is 10.9 Å². The maximum Gasteiger partial charge on any atom is 0.260 e. The van der Waals surface area contributed by atoms with Gasteiger partial charge in [0.15, 0.2) is 6.61 Å². The van der Waals surface area contributed by atoms with Crippen molar-refractivity contribution in [3.8, 4) is 5.88 Å². The third kappa shape index (κ3) is 3.25. The summed E-state index contributed by atoms with van der Waals surface area (Å²) in [6, 6.07) is 5.66. The number of ether oxygens (including phenoxy) is 1. The number of carbonyl (C=O) groups is 1. The molecule has 5 nitrogen and oxygen atoms in total. The Labute approximate surface area is 126 Å². The Kier molecular flexibility index (Phi) is 4.89. The van der Waals surface area contributed by atoms with Crippen LogP contribution in [0.25, 0.3) is 10.9 Å². The number of hydrogen-bond acceptors (Lipinski definition) is 4. The van der Waals surface area contributed by atoms with Gasteiger partial charge in [0.2, 0.25) is 5.88 Å². The quantitative estimate of drug-likeness (QED) is 0.841. The second kappa shape index (κ2) is 6.65. The van der Waals surface area contributed by atoms with Crippen molar-refractivity contribution in [2.45, 2.75) is 13.8 Å². The Morgan fingerprint density at radius 1 is 1.30 bits per heavy atom. The third-order valence-corrected chi connectivity index (χ3v) is 3.50. The highest BCUT2D eigenvalue weighted by Crippen LogP contribution is 2.24. The van der Waals surface area contributed by atoms with Crippen molar-refractivity contribution < 1.29 is 9.53 Å². The molecule has 1 aromatic carbocycles. The van der Waals surface area contributed by atoms with Crippen LogP contribution in [0.1, 0.15) is 13.8 Å². The molecule has 0 saturated carbocycles. The van der Waals surface area contributed by atoms with E-state index in [-0.39, 0.29) is 12.5 Å². The number of halogens is 1. The first-order chi connectivity index (χ1) is 9.65. The van der Waals surface area contributed by atoms with Gasteiger partial charge in [-0.3, -0.25) is 4.79 Å². The Bertz CT molecular complexity index is 614. The molecule has 0 spiro atoms. The molecule has 2 aromatic rings. The van der Waals surface area contributed by atoms with Crippen molar-refractivity contribution in [2.24, 2.45) is 0 Å². The molecule has 0 atom stereocenters. The van der Waals surface area contributed by atoms with E-state index in [0.29, 0.717) is 19.0 Å². The lowest BCUT2D eigenvalue weighted by molar-refractivity contribution is -0.133. The van der Waals surface area contributed by atoms with Crippen molar-refractivity contribution >= 4 is 32.7 Å². The van der Waals surface area contributed by atoms with E-state index in [2.05, 4.69) is 25.9 Å². The number of rotatable bonds is 5. The smallest absolute Gasteiger partial charge is 0.260 e. The molecule has 0 radical (unpaired) electrons. The molecule has 0 aliphatic heterocycles. The summed E-state index contributed by atoms with van der Waals surface area (Å²) in [5.41, 5.74) is 0.786. The fourth-order valence-electron chi connectivity index (χ4n) is 1.92. The van der Waals surface area contributed by atoms with Gasteiger partial charge < -0.3 is 9.64 Å². The molecule has 0 aliphatic rings. The molecule has 2 rings (SSSR count). The summed E-state index contributed by atoms with van der Waals surface area (Å²) in [7, 11) is 0. The summed E-state index contributed by atoms with van der Waals surface area (Å²) in [6.45, 7) is 5.22. The lowest BCUT2D eigenvalue weighted by Gasteiger charge is -2.18. The Hall–Kier alpha value is -1.69. The summed E-state index contributed by atoms with van der Waals surface area (Å²) in [4.78, 5) is 21.9. The van der Waals surface area contributed by atoms with Gasteiger partial charge >= 0.3 is 0 Å². The molecule has 0 fully saturated rings. The molecular formula is C14H16BrN3O2. The molecule has 20 heavy (non-hydrogen) atoms. The zero-order valence-electron chi connectivity index (χ0n) is 11.5. The zero-order chi connectivity index (χ0) is 14.5. The number of hydrogen-bond donors (Lipinski definition) is 0. The van der Waals surface area contributed by atoms with Crippen molar-refractivity contribution in [3.05, 3.63) is 29.0 Å². The number of nitrogens with zero attached hydrogens (tertiary/aromatic N) is 3. The van der Waals surface area contributed by atoms with Crippen molar-refractivity contribution in [3.63, 3.8) is 0 Å². The highest BCUT2D eigenvalue weighted by molar-refractivity contribution is 9.10. The second-order valence-corrected chi connectivity index (χ2v) is 5.11. The van der Waals surface area contributed by atoms with Crippen molar-refractivity contribution in [1.82, 2.24) is 14.9 Å². The van der Waals surface area contributed by atoms with Crippen LogP contribution in [0.5, 0.6) is 5.88 Å². The van der Waals surface area contributed by atoms with Crippen LogP contribution in [0, 0.1) is 0 Å². The summed E-state index contributed by atoms with van der Waals surface area (Å²) < 4.78 is 6.47. The number of amides is 1. The van der Waals surface area contributed by atoms with E-state index in [9.17, 15) is 4.79 Å². The first kappa shape index (κ1) is 14.7. The van der Waals surface area contributed by atoms with E-state index >= 15 is 0 Å². The van der Waals surface area contributed by atoms with Gasteiger partial charge in [-0.2, -0.15) is 0 Å². The molecule has 0 saturated heterocycles. The Morgan fingerprint density at radius 3 is 2.75 bits per heavy atom. The first-order valence-electron chi connectivity index (χ1n) is 6.46. The van der Waals surface area contributed by atoms with E-state index in [0.717, 1.165) is 15.4 Å². The van der Waals surface area contributed by atoms with Crippen LogP contribution in [0.15, 0.2) is 29.0 Å². The second-order valence-electron chi connectivity index (χ2n) is 4.19. The minimum Gasteiger partial charge on any atom is -0.467 e. The number of fused-ring (bicyclic) bond motifs is 1. The highest BCUT2D eigenvalue weighted by Gasteiger charge is 2.12. The number of carbonyl (C=O) groups excluding carboxylic acids is 1. The predicted molar refractivity (Wildman–Crippen MR) is 80.7 cm³/mol. The van der Waals surface area contributed by atoms with Crippen LogP contribution in [0.4, 0.5) is 0 Å². The minimum atomic E-state index is -0.0447. The molecular weight excluding hydrogens is 322 g/mol. The van der Waals surface area contributed by atoms with E-state index < -0.39 is 0 Å². The SMILES string of the molecule is CCN(CC)C(=O)COc1ncnc2ccc(Br)cc12. The van der Waals surface area contributed by atoms with E-state index in [1.165, 1.54) is 6.33 Å². The molecule has 1 aromatic heterocycles. The van der Waals surface area contributed by atoms with Crippen LogP contribution in [0.3, 0.4) is 0 Å². The van der Waals surface area contributed by atoms with Gasteiger partial charge in [0, 0.05) is 17.6 Å². The number of aromatic nitrogens is 2. The molecule has 6 heteroatoms. The van der Waals surface area contributed by atoms with Gasteiger partial charge in [-0.25, -0.2) is 9.97 Å². The topological polar surface area (TPSA) is 55.3 Å². The Balaban J connectivity index is 2.18. The number of likely N-dealkylation sites (N-methyl/N-ethyl adjacent to an activating group) is 1. The van der Waals surface area contributed by atoms with Crippen LogP contribution in [0.2, 0.25) is 0 Å². The fraction of sp³-hybridized carbons (Fsp3) is 0.357. The van der Waals surface area contributed by atoms with Crippen molar-refractivity contribution in [1.29, 1.82) is 0 Å². The van der Waals surface area contributed by atoms with E-state index in [4.69, 9.17) is 4.74 Å². The average Bonchev–Trinajstić information content (AvgIpc) is 2.46. The third-order valence-electron chi connectivity index (χ3n) is 3.01. The van der Waals surface area contributed by atoms with E-state index in [1.807, 2.05) is 32.0 Å². The average molecular weight is 338 g/mol. The first-order valence-corrected chi connectivity index (χ1v) is 7.25.